The fourth-order valence-corrected chi connectivity index (χ4v) is 5.40. The zero-order chi connectivity index (χ0) is 30.7. The number of hydrogen-bond donors (Lipinski definition) is 2. The van der Waals surface area contributed by atoms with E-state index >= 15 is 0 Å². The van der Waals surface area contributed by atoms with Gasteiger partial charge in [0, 0.05) is 43.2 Å². The summed E-state index contributed by atoms with van der Waals surface area (Å²) in [6.45, 7) is 7.90. The van der Waals surface area contributed by atoms with Crippen LogP contribution in [0, 0.1) is 5.41 Å². The van der Waals surface area contributed by atoms with E-state index in [4.69, 9.17) is 20.3 Å². The van der Waals surface area contributed by atoms with Crippen molar-refractivity contribution in [2.24, 2.45) is 5.41 Å². The first kappa shape index (κ1) is 29.8. The highest BCUT2D eigenvalue weighted by Crippen LogP contribution is 2.34. The topological polar surface area (TPSA) is 137 Å². The van der Waals surface area contributed by atoms with Crippen molar-refractivity contribution in [2.45, 2.75) is 52.6 Å². The minimum atomic E-state index is -0.238. The van der Waals surface area contributed by atoms with Gasteiger partial charge in [0.05, 0.1) is 25.6 Å². The maximum absolute atomic E-state index is 13.0. The van der Waals surface area contributed by atoms with Gasteiger partial charge in [0.1, 0.15) is 29.3 Å². The van der Waals surface area contributed by atoms with E-state index < -0.39 is 0 Å². The van der Waals surface area contributed by atoms with Crippen molar-refractivity contribution in [3.05, 3.63) is 59.9 Å². The minimum Gasteiger partial charge on any atom is -0.497 e. The molecule has 2 aromatic carbocycles. The molecule has 0 spiro atoms. The Bertz CT molecular complexity index is 1600. The van der Waals surface area contributed by atoms with Crippen LogP contribution in [0.15, 0.2) is 48.8 Å². The number of nitrogens with two attached hydrogens (primary N) is 1. The predicted molar refractivity (Wildman–Crippen MR) is 165 cm³/mol. The van der Waals surface area contributed by atoms with Gasteiger partial charge in [0.15, 0.2) is 5.65 Å². The predicted octanol–water partition coefficient (Wildman–Crippen LogP) is 4.62. The van der Waals surface area contributed by atoms with E-state index in [0.29, 0.717) is 59.1 Å². The molecular formula is C32H39N7O4. The summed E-state index contributed by atoms with van der Waals surface area (Å²) in [6, 6.07) is 12.8. The molecule has 1 saturated heterocycles. The molecule has 43 heavy (non-hydrogen) atoms. The van der Waals surface area contributed by atoms with E-state index in [1.165, 1.54) is 6.33 Å². The number of fused-ring (bicyclic) bond motifs is 1. The van der Waals surface area contributed by atoms with Crippen molar-refractivity contribution >= 4 is 28.7 Å². The molecule has 11 nitrogen and oxygen atoms in total. The first-order valence-electron chi connectivity index (χ1n) is 14.4. The third kappa shape index (κ3) is 6.71. The number of carbonyl (C=O) groups is 2. The molecule has 0 aliphatic carbocycles. The Morgan fingerprint density at radius 1 is 1.05 bits per heavy atom. The summed E-state index contributed by atoms with van der Waals surface area (Å²) < 4.78 is 12.5. The fourth-order valence-electron chi connectivity index (χ4n) is 5.40. The number of amides is 2. The molecule has 3 heterocycles. The first-order chi connectivity index (χ1) is 20.6. The van der Waals surface area contributed by atoms with Crippen LogP contribution in [0.4, 0.5) is 5.82 Å². The van der Waals surface area contributed by atoms with Gasteiger partial charge in [0.2, 0.25) is 5.91 Å². The normalized spacial score (nSPS) is 15.4. The number of aromatic nitrogens is 4. The second kappa shape index (κ2) is 12.3. The van der Waals surface area contributed by atoms with Crippen LogP contribution in [0.1, 0.15) is 62.0 Å². The quantitative estimate of drug-likeness (QED) is 0.306. The van der Waals surface area contributed by atoms with Crippen LogP contribution in [0.25, 0.3) is 22.3 Å². The van der Waals surface area contributed by atoms with Gasteiger partial charge < -0.3 is 25.4 Å². The lowest BCUT2D eigenvalue weighted by Gasteiger charge is -2.34. The average Bonchev–Trinajstić information content (AvgIpc) is 3.40. The molecule has 0 unspecified atom stereocenters. The molecule has 1 atom stereocenters. The highest BCUT2D eigenvalue weighted by molar-refractivity contribution is 5.98. The molecule has 1 aliphatic heterocycles. The van der Waals surface area contributed by atoms with Crippen LogP contribution in [0.5, 0.6) is 11.5 Å². The summed E-state index contributed by atoms with van der Waals surface area (Å²) in [5.74, 6) is 1.37. The van der Waals surface area contributed by atoms with Crippen molar-refractivity contribution in [1.82, 2.24) is 30.0 Å². The number of piperidine rings is 1. The molecule has 4 aromatic rings. The number of ether oxygens (including phenoxy) is 2. The fraction of sp³-hybridized carbons (Fsp3) is 0.406. The summed E-state index contributed by atoms with van der Waals surface area (Å²) in [5, 5.41) is 8.63. The van der Waals surface area contributed by atoms with Gasteiger partial charge in [-0.15, -0.1) is 0 Å². The molecule has 0 saturated carbocycles. The van der Waals surface area contributed by atoms with Crippen molar-refractivity contribution < 1.29 is 19.1 Å². The summed E-state index contributed by atoms with van der Waals surface area (Å²) in [4.78, 5) is 36.6. The molecule has 1 aliphatic rings. The SMILES string of the molecule is COc1cc(OC)cc(C(=O)NCc2ccc(-c3nn([C@@H]4CCCN(C(=O)CC(C)(C)C)C4)c4ncnc(N)c34)cc2)c1. The average molecular weight is 586 g/mol. The number of likely N-dealkylation sites (tertiary alicyclic amines) is 1. The van der Waals surface area contributed by atoms with Crippen LogP contribution in [0.2, 0.25) is 0 Å². The summed E-state index contributed by atoms with van der Waals surface area (Å²) in [6.07, 6.45) is 3.73. The van der Waals surface area contributed by atoms with Gasteiger partial charge >= 0.3 is 0 Å². The van der Waals surface area contributed by atoms with E-state index in [1.807, 2.05) is 33.8 Å². The van der Waals surface area contributed by atoms with Gasteiger partial charge in [-0.25, -0.2) is 14.6 Å². The first-order valence-corrected chi connectivity index (χ1v) is 14.4. The van der Waals surface area contributed by atoms with Crippen molar-refractivity contribution in [2.75, 3.05) is 33.0 Å². The number of hydrogen-bond acceptors (Lipinski definition) is 8. The molecule has 2 amide bonds. The molecule has 226 valence electrons. The number of anilines is 1. The number of carbonyl (C=O) groups excluding carboxylic acids is 2. The Morgan fingerprint density at radius 3 is 2.40 bits per heavy atom. The Hall–Kier alpha value is -4.67. The van der Waals surface area contributed by atoms with Crippen LogP contribution in [-0.2, 0) is 11.3 Å². The van der Waals surface area contributed by atoms with Crippen LogP contribution in [0.3, 0.4) is 0 Å². The number of benzene rings is 2. The van der Waals surface area contributed by atoms with Gasteiger partial charge in [-0.05, 0) is 36.0 Å². The van der Waals surface area contributed by atoms with E-state index in [9.17, 15) is 9.59 Å². The molecule has 11 heteroatoms. The number of rotatable bonds is 8. The van der Waals surface area contributed by atoms with Gasteiger partial charge in [0.25, 0.3) is 5.91 Å². The van der Waals surface area contributed by atoms with E-state index in [1.54, 1.807) is 32.4 Å². The highest BCUT2D eigenvalue weighted by Gasteiger charge is 2.30. The molecule has 5 rings (SSSR count). The van der Waals surface area contributed by atoms with Gasteiger partial charge in [-0.3, -0.25) is 9.59 Å². The molecule has 0 radical (unpaired) electrons. The van der Waals surface area contributed by atoms with Gasteiger partial charge in [-0.1, -0.05) is 45.0 Å². The number of nitrogen functional groups attached to an aromatic ring is 1. The Balaban J connectivity index is 1.35. The van der Waals surface area contributed by atoms with Crippen molar-refractivity contribution in [3.8, 4) is 22.8 Å². The smallest absolute Gasteiger partial charge is 0.251 e. The van der Waals surface area contributed by atoms with Crippen molar-refractivity contribution in [3.63, 3.8) is 0 Å². The van der Waals surface area contributed by atoms with Crippen LogP contribution in [-0.4, -0.2) is 63.8 Å². The number of nitrogens with zero attached hydrogens (tertiary/aromatic N) is 5. The minimum absolute atomic E-state index is 0.0204. The Morgan fingerprint density at radius 2 is 1.74 bits per heavy atom. The Kier molecular flexibility index (Phi) is 8.52. The maximum atomic E-state index is 13.0. The molecule has 0 bridgehead atoms. The zero-order valence-electron chi connectivity index (χ0n) is 25.4. The number of methoxy groups -OCH3 is 2. The molecule has 1 fully saturated rings. The summed E-state index contributed by atoms with van der Waals surface area (Å²) in [5.41, 5.74) is 9.84. The number of nitrogens with one attached hydrogen (secondary N) is 1. The van der Waals surface area contributed by atoms with E-state index in [2.05, 4.69) is 36.1 Å². The molecule has 3 N–H and O–H groups in total. The summed E-state index contributed by atoms with van der Waals surface area (Å²) in [7, 11) is 3.09. The van der Waals surface area contributed by atoms with Crippen LogP contribution >= 0.6 is 0 Å². The largest absolute Gasteiger partial charge is 0.497 e. The second-order valence-electron chi connectivity index (χ2n) is 12.1. The van der Waals surface area contributed by atoms with Gasteiger partial charge in [-0.2, -0.15) is 5.10 Å². The van der Waals surface area contributed by atoms with Crippen LogP contribution < -0.4 is 20.5 Å². The maximum Gasteiger partial charge on any atom is 0.251 e. The third-order valence-corrected chi connectivity index (χ3v) is 7.59. The molecule has 2 aromatic heterocycles. The monoisotopic (exact) mass is 585 g/mol. The highest BCUT2D eigenvalue weighted by atomic mass is 16.5. The van der Waals surface area contributed by atoms with Crippen molar-refractivity contribution in [1.29, 1.82) is 0 Å². The lowest BCUT2D eigenvalue weighted by Crippen LogP contribution is -2.42. The lowest BCUT2D eigenvalue weighted by molar-refractivity contribution is -0.134. The van der Waals surface area contributed by atoms with E-state index in [-0.39, 0.29) is 23.3 Å². The van der Waals surface area contributed by atoms with E-state index in [0.717, 1.165) is 30.5 Å². The molecular weight excluding hydrogens is 546 g/mol. The Labute approximate surface area is 251 Å². The lowest BCUT2D eigenvalue weighted by atomic mass is 9.91. The third-order valence-electron chi connectivity index (χ3n) is 7.59. The summed E-state index contributed by atoms with van der Waals surface area (Å²) >= 11 is 0. The second-order valence-corrected chi connectivity index (χ2v) is 12.1. The standard InChI is InChI=1S/C32H39N7O4/c1-32(2,3)16-26(40)38-12-6-7-23(18-38)39-30-27(29(33)35-19-36-30)28(37-39)21-10-8-20(9-11-21)17-34-31(41)22-13-24(42-4)15-25(14-22)43-5/h8-11,13-15,19,23H,6-7,12,16-18H2,1-5H3,(H,34,41)(H2,33,35,36)/t23-/m1/s1. The zero-order valence-corrected chi connectivity index (χ0v) is 25.4.